The Bertz CT molecular complexity index is 514. The van der Waals surface area contributed by atoms with Gasteiger partial charge in [-0.15, -0.1) is 0 Å². The molecule has 16 heavy (non-hydrogen) atoms. The van der Waals surface area contributed by atoms with Crippen LogP contribution >= 0.6 is 34.1 Å². The van der Waals surface area contributed by atoms with E-state index in [-0.39, 0.29) is 0 Å². The summed E-state index contributed by atoms with van der Waals surface area (Å²) < 4.78 is 11.1. The zero-order chi connectivity index (χ0) is 11.0. The summed E-state index contributed by atoms with van der Waals surface area (Å²) in [6, 6.07) is 8.18. The van der Waals surface area contributed by atoms with Gasteiger partial charge in [-0.1, -0.05) is 18.2 Å². The van der Waals surface area contributed by atoms with Gasteiger partial charge in [-0.05, 0) is 52.2 Å². The first-order valence-electron chi connectivity index (χ1n) is 5.03. The lowest BCUT2D eigenvalue weighted by Crippen LogP contribution is -2.20. The molecule has 2 heterocycles. The van der Waals surface area contributed by atoms with Crippen molar-refractivity contribution in [3.05, 3.63) is 38.7 Å². The highest BCUT2D eigenvalue weighted by Gasteiger charge is 2.24. The van der Waals surface area contributed by atoms with Gasteiger partial charge in [0.15, 0.2) is 3.01 Å². The minimum absolute atomic E-state index is 0.301. The molecule has 1 aliphatic heterocycles. The van der Waals surface area contributed by atoms with Gasteiger partial charge in [0.2, 0.25) is 0 Å². The zero-order valence-electron chi connectivity index (χ0n) is 8.39. The average molecular weight is 344 g/mol. The Hall–Kier alpha value is -0.690. The number of hydrogen-bond acceptors (Lipinski definition) is 4. The summed E-state index contributed by atoms with van der Waals surface area (Å²) in [4.78, 5) is 4.42. The zero-order valence-corrected chi connectivity index (χ0v) is 11.4. The number of para-hydroxylation sites is 1. The van der Waals surface area contributed by atoms with Crippen LogP contribution in [0.25, 0.3) is 0 Å². The molecular formula is C11H9IN2OS. The molecule has 1 aromatic carbocycles. The van der Waals surface area contributed by atoms with E-state index in [4.69, 9.17) is 4.74 Å². The third-order valence-electron chi connectivity index (χ3n) is 2.66. The lowest BCUT2D eigenvalue weighted by atomic mass is 9.96. The number of ether oxygens (including phenoxy) is 1. The van der Waals surface area contributed by atoms with E-state index in [1.54, 1.807) is 0 Å². The summed E-state index contributed by atoms with van der Waals surface area (Å²) in [6.45, 7) is 0.684. The van der Waals surface area contributed by atoms with E-state index in [1.165, 1.54) is 17.1 Å². The van der Waals surface area contributed by atoms with E-state index in [1.807, 2.05) is 18.2 Å². The van der Waals surface area contributed by atoms with E-state index >= 15 is 0 Å². The minimum atomic E-state index is 0.301. The molecule has 0 saturated carbocycles. The van der Waals surface area contributed by atoms with Crippen molar-refractivity contribution in [2.45, 2.75) is 12.3 Å². The van der Waals surface area contributed by atoms with Crippen LogP contribution in [0.3, 0.4) is 0 Å². The van der Waals surface area contributed by atoms with Crippen LogP contribution in [0, 0.1) is 3.01 Å². The summed E-state index contributed by atoms with van der Waals surface area (Å²) in [5, 5.41) is 0. The second-order valence-electron chi connectivity index (χ2n) is 3.73. The van der Waals surface area contributed by atoms with Crippen molar-refractivity contribution in [1.29, 1.82) is 0 Å². The fraction of sp³-hybridized carbons (Fsp3) is 0.273. The largest absolute Gasteiger partial charge is 0.493 e. The molecule has 5 heteroatoms. The lowest BCUT2D eigenvalue weighted by molar-refractivity contribution is 0.258. The Kier molecular flexibility index (Phi) is 2.81. The molecule has 1 atom stereocenters. The molecule has 3 nitrogen and oxygen atoms in total. The fourth-order valence-electron chi connectivity index (χ4n) is 1.87. The second-order valence-corrected chi connectivity index (χ2v) is 6.23. The average Bonchev–Trinajstić information content (AvgIpc) is 2.75. The summed E-state index contributed by atoms with van der Waals surface area (Å²) in [5.74, 6) is 2.22. The van der Waals surface area contributed by atoms with Gasteiger partial charge in [0.25, 0.3) is 0 Å². The van der Waals surface area contributed by atoms with Gasteiger partial charge < -0.3 is 4.74 Å². The predicted molar refractivity (Wildman–Crippen MR) is 71.0 cm³/mol. The molecule has 0 aliphatic carbocycles. The van der Waals surface area contributed by atoms with E-state index in [2.05, 4.69) is 38.0 Å². The summed E-state index contributed by atoms with van der Waals surface area (Å²) in [7, 11) is 0. The van der Waals surface area contributed by atoms with Gasteiger partial charge in [-0.25, -0.2) is 4.98 Å². The number of nitrogens with zero attached hydrogens (tertiary/aromatic N) is 2. The van der Waals surface area contributed by atoms with Gasteiger partial charge in [0, 0.05) is 0 Å². The number of halogens is 1. The second kappa shape index (κ2) is 4.29. The fourth-order valence-corrected chi connectivity index (χ4v) is 2.91. The molecule has 0 fully saturated rings. The highest BCUT2D eigenvalue weighted by molar-refractivity contribution is 14.1. The Morgan fingerprint density at radius 1 is 1.38 bits per heavy atom. The first-order chi connectivity index (χ1) is 7.83. The van der Waals surface area contributed by atoms with Crippen LogP contribution in [-0.2, 0) is 6.42 Å². The van der Waals surface area contributed by atoms with Crippen LogP contribution in [0.15, 0.2) is 24.3 Å². The van der Waals surface area contributed by atoms with Crippen LogP contribution in [0.5, 0.6) is 5.75 Å². The van der Waals surface area contributed by atoms with Crippen molar-refractivity contribution in [2.75, 3.05) is 6.61 Å². The smallest absolute Gasteiger partial charge is 0.173 e. The molecule has 0 radical (unpaired) electrons. The topological polar surface area (TPSA) is 35.0 Å². The standard InChI is InChI=1S/C11H9IN2OS/c12-11-13-10(14-16-11)8-5-7-3-1-2-4-9(7)15-6-8/h1-4,8H,5-6H2. The molecule has 2 aromatic rings. The SMILES string of the molecule is Ic1nc(C2COc3ccccc3C2)ns1. The highest BCUT2D eigenvalue weighted by atomic mass is 127. The molecular weight excluding hydrogens is 335 g/mol. The normalized spacial score (nSPS) is 18.9. The summed E-state index contributed by atoms with van der Waals surface area (Å²) >= 11 is 3.65. The van der Waals surface area contributed by atoms with Crippen molar-refractivity contribution in [1.82, 2.24) is 9.36 Å². The van der Waals surface area contributed by atoms with Crippen LogP contribution in [0.1, 0.15) is 17.3 Å². The molecule has 0 spiro atoms. The maximum Gasteiger partial charge on any atom is 0.173 e. The summed E-state index contributed by atoms with van der Waals surface area (Å²) in [5.41, 5.74) is 1.25. The van der Waals surface area contributed by atoms with Crippen LogP contribution in [0.2, 0.25) is 0 Å². The number of aromatic nitrogens is 2. The molecule has 0 amide bonds. The number of benzene rings is 1. The molecule has 1 unspecified atom stereocenters. The molecule has 1 aromatic heterocycles. The highest BCUT2D eigenvalue weighted by Crippen LogP contribution is 2.31. The number of hydrogen-bond donors (Lipinski definition) is 0. The van der Waals surface area contributed by atoms with E-state index < -0.39 is 0 Å². The molecule has 0 N–H and O–H groups in total. The van der Waals surface area contributed by atoms with Crippen LogP contribution in [0.4, 0.5) is 0 Å². The van der Waals surface area contributed by atoms with E-state index in [9.17, 15) is 0 Å². The molecule has 0 saturated heterocycles. The van der Waals surface area contributed by atoms with Gasteiger partial charge in [0.05, 0.1) is 12.5 Å². The van der Waals surface area contributed by atoms with Crippen molar-refractivity contribution < 1.29 is 4.74 Å². The number of fused-ring (bicyclic) bond motifs is 1. The van der Waals surface area contributed by atoms with Crippen LogP contribution < -0.4 is 4.74 Å². The maximum atomic E-state index is 5.72. The lowest BCUT2D eigenvalue weighted by Gasteiger charge is -2.23. The van der Waals surface area contributed by atoms with Crippen molar-refractivity contribution in [2.24, 2.45) is 0 Å². The van der Waals surface area contributed by atoms with Crippen molar-refractivity contribution in [3.63, 3.8) is 0 Å². The van der Waals surface area contributed by atoms with Gasteiger partial charge in [-0.3, -0.25) is 0 Å². The van der Waals surface area contributed by atoms with Gasteiger partial charge in [-0.2, -0.15) is 4.37 Å². The third-order valence-corrected chi connectivity index (χ3v) is 4.01. The Morgan fingerprint density at radius 2 is 2.25 bits per heavy atom. The monoisotopic (exact) mass is 344 g/mol. The third kappa shape index (κ3) is 1.93. The Morgan fingerprint density at radius 3 is 3.06 bits per heavy atom. The van der Waals surface area contributed by atoms with E-state index in [0.717, 1.165) is 21.0 Å². The Labute approximate surface area is 111 Å². The molecule has 0 bridgehead atoms. The molecule has 82 valence electrons. The first-order valence-corrected chi connectivity index (χ1v) is 6.88. The maximum absolute atomic E-state index is 5.72. The van der Waals surface area contributed by atoms with Crippen molar-refractivity contribution >= 4 is 34.1 Å². The van der Waals surface area contributed by atoms with E-state index in [0.29, 0.717) is 12.5 Å². The Balaban J connectivity index is 1.88. The van der Waals surface area contributed by atoms with Crippen molar-refractivity contribution in [3.8, 4) is 5.75 Å². The number of rotatable bonds is 1. The predicted octanol–water partition coefficient (Wildman–Crippen LogP) is 2.86. The van der Waals surface area contributed by atoms with Crippen LogP contribution in [-0.4, -0.2) is 16.0 Å². The minimum Gasteiger partial charge on any atom is -0.493 e. The van der Waals surface area contributed by atoms with Gasteiger partial charge >= 0.3 is 0 Å². The van der Waals surface area contributed by atoms with Gasteiger partial charge in [0.1, 0.15) is 11.6 Å². The quantitative estimate of drug-likeness (QED) is 0.747. The summed E-state index contributed by atoms with van der Waals surface area (Å²) in [6.07, 6.45) is 0.975. The molecule has 1 aliphatic rings. The molecule has 3 rings (SSSR count). The first kappa shape index (κ1) is 10.5.